The van der Waals surface area contributed by atoms with Crippen molar-refractivity contribution >= 4 is 11.6 Å². The van der Waals surface area contributed by atoms with Crippen molar-refractivity contribution in [1.29, 1.82) is 0 Å². The molecule has 1 amide bonds. The van der Waals surface area contributed by atoms with Gasteiger partial charge in [0.15, 0.2) is 0 Å². The smallest absolute Gasteiger partial charge is 0.272 e. The van der Waals surface area contributed by atoms with Crippen molar-refractivity contribution in [3.8, 4) is 0 Å². The van der Waals surface area contributed by atoms with Crippen LogP contribution < -0.4 is 5.32 Å². The number of aromatic nitrogens is 1. The number of pyridine rings is 1. The number of nitrogens with one attached hydrogen (secondary N) is 1. The van der Waals surface area contributed by atoms with E-state index < -0.39 is 0 Å². The summed E-state index contributed by atoms with van der Waals surface area (Å²) in [6, 6.07) is 3.83. The molecule has 1 aliphatic heterocycles. The third kappa shape index (κ3) is 4.57. The first-order chi connectivity index (χ1) is 11.7. The van der Waals surface area contributed by atoms with Crippen LogP contribution in [0.5, 0.6) is 0 Å². The van der Waals surface area contributed by atoms with Gasteiger partial charge in [0, 0.05) is 44.6 Å². The Morgan fingerprint density at radius 2 is 2.08 bits per heavy atom. The first-order valence-corrected chi connectivity index (χ1v) is 9.08. The van der Waals surface area contributed by atoms with E-state index in [0.29, 0.717) is 5.69 Å². The number of carbonyl (C=O) groups excluding carboxylic acids is 1. The predicted octanol–water partition coefficient (Wildman–Crippen LogP) is 2.77. The van der Waals surface area contributed by atoms with E-state index in [0.717, 1.165) is 44.8 Å². The Balaban J connectivity index is 1.53. The lowest BCUT2D eigenvalue weighted by atomic mass is 9.97. The molecule has 1 aliphatic carbocycles. The molecule has 130 valence electrons. The van der Waals surface area contributed by atoms with Crippen molar-refractivity contribution in [1.82, 2.24) is 14.8 Å². The minimum absolute atomic E-state index is 0.0433. The highest BCUT2D eigenvalue weighted by atomic mass is 16.2. The fourth-order valence-electron chi connectivity index (χ4n) is 3.33. The van der Waals surface area contributed by atoms with Gasteiger partial charge in [-0.15, -0.1) is 0 Å². The normalized spacial score (nSPS) is 19.0. The molecule has 1 fully saturated rings. The largest absolute Gasteiger partial charge is 0.385 e. The van der Waals surface area contributed by atoms with E-state index in [1.807, 2.05) is 17.0 Å². The summed E-state index contributed by atoms with van der Waals surface area (Å²) in [5, 5.41) is 3.44. The van der Waals surface area contributed by atoms with Gasteiger partial charge in [-0.05, 0) is 51.3 Å². The molecule has 0 saturated carbocycles. The van der Waals surface area contributed by atoms with Gasteiger partial charge < -0.3 is 15.1 Å². The zero-order valence-corrected chi connectivity index (χ0v) is 14.6. The zero-order valence-electron chi connectivity index (χ0n) is 14.6. The second-order valence-corrected chi connectivity index (χ2v) is 6.81. The van der Waals surface area contributed by atoms with Gasteiger partial charge in [0.1, 0.15) is 5.69 Å². The number of nitrogens with zero attached hydrogens (tertiary/aromatic N) is 3. The van der Waals surface area contributed by atoms with Crippen molar-refractivity contribution in [2.45, 2.75) is 32.1 Å². The Morgan fingerprint density at radius 3 is 2.83 bits per heavy atom. The Labute approximate surface area is 144 Å². The number of rotatable bonds is 5. The van der Waals surface area contributed by atoms with Crippen molar-refractivity contribution in [3.63, 3.8) is 0 Å². The van der Waals surface area contributed by atoms with Crippen LogP contribution in [-0.4, -0.2) is 60.5 Å². The van der Waals surface area contributed by atoms with E-state index in [2.05, 4.69) is 28.3 Å². The number of hydrogen-bond acceptors (Lipinski definition) is 4. The van der Waals surface area contributed by atoms with Gasteiger partial charge in [-0.1, -0.05) is 11.6 Å². The van der Waals surface area contributed by atoms with Gasteiger partial charge in [0.05, 0.1) is 0 Å². The lowest BCUT2D eigenvalue weighted by Crippen LogP contribution is -2.47. The summed E-state index contributed by atoms with van der Waals surface area (Å²) >= 11 is 0. The summed E-state index contributed by atoms with van der Waals surface area (Å²) in [5.41, 5.74) is 3.09. The molecule has 0 aromatic carbocycles. The van der Waals surface area contributed by atoms with Crippen molar-refractivity contribution in [2.75, 3.05) is 45.1 Å². The number of allylic oxidation sites excluding steroid dienone is 1. The molecule has 5 heteroatoms. The number of carbonyl (C=O) groups is 1. The minimum atomic E-state index is 0.0433. The Hall–Kier alpha value is -1.88. The molecule has 1 saturated heterocycles. The summed E-state index contributed by atoms with van der Waals surface area (Å²) in [6.07, 6.45) is 10.3. The lowest BCUT2D eigenvalue weighted by Gasteiger charge is -2.32. The summed E-state index contributed by atoms with van der Waals surface area (Å²) < 4.78 is 0. The van der Waals surface area contributed by atoms with Crippen LogP contribution in [0.25, 0.3) is 0 Å². The number of likely N-dealkylation sites (N-methyl/N-ethyl adjacent to an activating group) is 1. The van der Waals surface area contributed by atoms with E-state index in [4.69, 9.17) is 0 Å². The minimum Gasteiger partial charge on any atom is -0.385 e. The van der Waals surface area contributed by atoms with Crippen LogP contribution in [-0.2, 0) is 0 Å². The van der Waals surface area contributed by atoms with Crippen molar-refractivity contribution in [3.05, 3.63) is 35.7 Å². The van der Waals surface area contributed by atoms with Crippen LogP contribution in [0.1, 0.15) is 42.6 Å². The van der Waals surface area contributed by atoms with E-state index in [1.165, 1.54) is 25.7 Å². The maximum atomic E-state index is 12.6. The molecule has 5 nitrogen and oxygen atoms in total. The monoisotopic (exact) mass is 328 g/mol. The maximum absolute atomic E-state index is 12.6. The molecule has 3 rings (SSSR count). The maximum Gasteiger partial charge on any atom is 0.272 e. The van der Waals surface area contributed by atoms with Crippen LogP contribution in [0.3, 0.4) is 0 Å². The lowest BCUT2D eigenvalue weighted by molar-refractivity contribution is 0.0658. The Bertz CT molecular complexity index is 591. The highest BCUT2D eigenvalue weighted by Crippen LogP contribution is 2.20. The van der Waals surface area contributed by atoms with Crippen LogP contribution in [0.15, 0.2) is 30.0 Å². The summed E-state index contributed by atoms with van der Waals surface area (Å²) in [5.74, 6) is 0.0433. The van der Waals surface area contributed by atoms with Crippen molar-refractivity contribution < 1.29 is 4.79 Å². The molecule has 1 aromatic heterocycles. The molecular formula is C19H28N4O. The van der Waals surface area contributed by atoms with Crippen LogP contribution in [0, 0.1) is 0 Å². The summed E-state index contributed by atoms with van der Waals surface area (Å²) in [4.78, 5) is 21.0. The van der Waals surface area contributed by atoms with Gasteiger partial charge >= 0.3 is 0 Å². The molecule has 1 N–H and O–H groups in total. The number of piperazine rings is 1. The number of anilines is 1. The number of amides is 1. The Morgan fingerprint density at radius 1 is 1.25 bits per heavy atom. The highest BCUT2D eigenvalue weighted by molar-refractivity contribution is 5.93. The van der Waals surface area contributed by atoms with E-state index in [1.54, 1.807) is 11.8 Å². The quantitative estimate of drug-likeness (QED) is 0.845. The highest BCUT2D eigenvalue weighted by Gasteiger charge is 2.21. The fraction of sp³-hybridized carbons (Fsp3) is 0.579. The van der Waals surface area contributed by atoms with Gasteiger partial charge in [0.25, 0.3) is 5.91 Å². The average molecular weight is 328 g/mol. The number of hydrogen-bond donors (Lipinski definition) is 1. The molecule has 0 atom stereocenters. The summed E-state index contributed by atoms with van der Waals surface area (Å²) in [7, 11) is 2.09. The topological polar surface area (TPSA) is 48.5 Å². The molecule has 2 aliphatic rings. The first-order valence-electron chi connectivity index (χ1n) is 9.08. The van der Waals surface area contributed by atoms with Crippen LogP contribution >= 0.6 is 0 Å². The molecule has 1 aromatic rings. The standard InChI is InChI=1S/C19H28N4O/c1-22-11-13-23(14-12-22)19(24)18-15-17(8-10-21-18)20-9-7-16-5-3-2-4-6-16/h5,8,10,15H,2-4,6-7,9,11-14H2,1H3,(H,20,21). The molecule has 0 bridgehead atoms. The molecule has 2 heterocycles. The average Bonchev–Trinajstić information content (AvgIpc) is 2.63. The predicted molar refractivity (Wildman–Crippen MR) is 97.3 cm³/mol. The molecule has 0 spiro atoms. The van der Waals surface area contributed by atoms with Crippen LogP contribution in [0.2, 0.25) is 0 Å². The molecule has 24 heavy (non-hydrogen) atoms. The van der Waals surface area contributed by atoms with E-state index >= 15 is 0 Å². The van der Waals surface area contributed by atoms with E-state index in [9.17, 15) is 4.79 Å². The Kier molecular flexibility index (Phi) is 5.86. The van der Waals surface area contributed by atoms with Crippen LogP contribution in [0.4, 0.5) is 5.69 Å². The molecular weight excluding hydrogens is 300 g/mol. The second-order valence-electron chi connectivity index (χ2n) is 6.81. The van der Waals surface area contributed by atoms with Gasteiger partial charge in [-0.25, -0.2) is 0 Å². The van der Waals surface area contributed by atoms with E-state index in [-0.39, 0.29) is 5.91 Å². The third-order valence-electron chi connectivity index (χ3n) is 4.93. The van der Waals surface area contributed by atoms with Gasteiger partial charge in [-0.2, -0.15) is 0 Å². The van der Waals surface area contributed by atoms with Gasteiger partial charge in [-0.3, -0.25) is 9.78 Å². The summed E-state index contributed by atoms with van der Waals surface area (Å²) in [6.45, 7) is 4.33. The SMILES string of the molecule is CN1CCN(C(=O)c2cc(NCCC3=CCCCC3)ccn2)CC1. The molecule has 0 radical (unpaired) electrons. The molecule has 0 unspecified atom stereocenters. The van der Waals surface area contributed by atoms with Crippen molar-refractivity contribution in [2.24, 2.45) is 0 Å². The fourth-order valence-corrected chi connectivity index (χ4v) is 3.33. The first kappa shape index (κ1) is 17.0. The van der Waals surface area contributed by atoms with Gasteiger partial charge in [0.2, 0.25) is 0 Å². The second kappa shape index (κ2) is 8.29. The third-order valence-corrected chi connectivity index (χ3v) is 4.93. The zero-order chi connectivity index (χ0) is 16.8.